The zero-order valence-electron chi connectivity index (χ0n) is 18.8. The first kappa shape index (κ1) is 25.6. The van der Waals surface area contributed by atoms with E-state index >= 15 is 0 Å². The van der Waals surface area contributed by atoms with Gasteiger partial charge >= 0.3 is 18.1 Å². The molecular weight excluding hydrogens is 451 g/mol. The predicted molar refractivity (Wildman–Crippen MR) is 118 cm³/mol. The van der Waals surface area contributed by atoms with Gasteiger partial charge in [-0.05, 0) is 68.0 Å². The first-order valence-electron chi connectivity index (χ1n) is 11.3. The minimum atomic E-state index is -5.20. The number of benzene rings is 2. The highest BCUT2D eigenvalue weighted by Gasteiger charge is 2.43. The van der Waals surface area contributed by atoms with Crippen molar-refractivity contribution in [2.75, 3.05) is 26.2 Å². The average molecular weight is 479 g/mol. The molecule has 1 heterocycles. The molecule has 184 valence electrons. The van der Waals surface area contributed by atoms with Crippen LogP contribution in [0.5, 0.6) is 5.75 Å². The summed E-state index contributed by atoms with van der Waals surface area (Å²) in [5.74, 6) is -2.33. The van der Waals surface area contributed by atoms with Gasteiger partial charge in [0.1, 0.15) is 5.75 Å². The summed E-state index contributed by atoms with van der Waals surface area (Å²) in [5.41, 5.74) is 2.53. The summed E-state index contributed by atoms with van der Waals surface area (Å²) < 4.78 is 41.9. The van der Waals surface area contributed by atoms with Gasteiger partial charge in [-0.1, -0.05) is 42.5 Å². The van der Waals surface area contributed by atoms with Crippen molar-refractivity contribution < 1.29 is 37.3 Å². The SMILES string of the molecule is O=C(CCN1CCC(c2ccc(OCCCc3ccccc3)cc2)CC1)OOC(=O)C(F)(F)F. The van der Waals surface area contributed by atoms with E-state index in [9.17, 15) is 22.8 Å². The monoisotopic (exact) mass is 479 g/mol. The van der Waals surface area contributed by atoms with Gasteiger partial charge in [0.05, 0.1) is 13.0 Å². The molecule has 34 heavy (non-hydrogen) atoms. The first-order chi connectivity index (χ1) is 16.3. The Morgan fingerprint density at radius 3 is 2.26 bits per heavy atom. The predicted octanol–water partition coefficient (Wildman–Crippen LogP) is 4.83. The number of likely N-dealkylation sites (tertiary alicyclic amines) is 1. The molecule has 0 saturated carbocycles. The third-order valence-corrected chi connectivity index (χ3v) is 5.73. The second-order valence-electron chi connectivity index (χ2n) is 8.20. The van der Waals surface area contributed by atoms with E-state index in [4.69, 9.17) is 4.74 Å². The first-order valence-corrected chi connectivity index (χ1v) is 11.3. The highest BCUT2D eigenvalue weighted by Crippen LogP contribution is 2.29. The van der Waals surface area contributed by atoms with E-state index in [1.54, 1.807) is 0 Å². The number of ether oxygens (including phenoxy) is 1. The maximum Gasteiger partial charge on any atom is 0.495 e. The van der Waals surface area contributed by atoms with Crippen molar-refractivity contribution in [2.45, 2.75) is 44.2 Å². The number of hydrogen-bond donors (Lipinski definition) is 0. The van der Waals surface area contributed by atoms with Crippen LogP contribution in [0.15, 0.2) is 54.6 Å². The lowest BCUT2D eigenvalue weighted by atomic mass is 9.89. The molecule has 0 aromatic heterocycles. The summed E-state index contributed by atoms with van der Waals surface area (Å²) in [6, 6.07) is 18.4. The van der Waals surface area contributed by atoms with Gasteiger partial charge in [-0.3, -0.25) is 0 Å². The Morgan fingerprint density at radius 1 is 0.941 bits per heavy atom. The fourth-order valence-corrected chi connectivity index (χ4v) is 3.86. The Morgan fingerprint density at radius 2 is 1.62 bits per heavy atom. The molecule has 0 aliphatic carbocycles. The number of carbonyl (C=O) groups excluding carboxylic acids is 2. The molecule has 1 fully saturated rings. The molecule has 0 bridgehead atoms. The van der Waals surface area contributed by atoms with Crippen LogP contribution in [-0.4, -0.2) is 49.3 Å². The van der Waals surface area contributed by atoms with Crippen molar-refractivity contribution in [1.82, 2.24) is 4.90 Å². The maximum absolute atomic E-state index is 12.0. The summed E-state index contributed by atoms with van der Waals surface area (Å²) in [6.07, 6.45) is -1.64. The van der Waals surface area contributed by atoms with Gasteiger partial charge in [-0.15, -0.1) is 0 Å². The summed E-state index contributed by atoms with van der Waals surface area (Å²) >= 11 is 0. The fourth-order valence-electron chi connectivity index (χ4n) is 3.86. The van der Waals surface area contributed by atoms with Crippen LogP contribution in [0.1, 0.15) is 42.7 Å². The van der Waals surface area contributed by atoms with E-state index in [1.165, 1.54) is 11.1 Å². The molecule has 0 radical (unpaired) electrons. The minimum absolute atomic E-state index is 0.161. The van der Waals surface area contributed by atoms with E-state index in [0.717, 1.165) is 44.5 Å². The van der Waals surface area contributed by atoms with E-state index < -0.39 is 18.1 Å². The molecule has 1 saturated heterocycles. The molecule has 1 aliphatic heterocycles. The third-order valence-electron chi connectivity index (χ3n) is 5.73. The van der Waals surface area contributed by atoms with Crippen molar-refractivity contribution in [2.24, 2.45) is 0 Å². The number of carbonyl (C=O) groups is 2. The summed E-state index contributed by atoms with van der Waals surface area (Å²) in [5, 5.41) is 0. The van der Waals surface area contributed by atoms with Gasteiger partial charge in [-0.25, -0.2) is 19.4 Å². The van der Waals surface area contributed by atoms with Crippen LogP contribution >= 0.6 is 0 Å². The Bertz CT molecular complexity index is 910. The second-order valence-corrected chi connectivity index (χ2v) is 8.20. The number of alkyl halides is 3. The van der Waals surface area contributed by atoms with Crippen molar-refractivity contribution >= 4 is 11.9 Å². The minimum Gasteiger partial charge on any atom is -0.494 e. The van der Waals surface area contributed by atoms with E-state index in [-0.39, 0.29) is 6.42 Å². The quantitative estimate of drug-likeness (QED) is 0.292. The number of halogens is 3. The molecule has 6 nitrogen and oxygen atoms in total. The molecule has 2 aromatic carbocycles. The Kier molecular flexibility index (Phi) is 9.33. The number of piperidine rings is 1. The summed E-state index contributed by atoms with van der Waals surface area (Å²) in [4.78, 5) is 31.5. The van der Waals surface area contributed by atoms with Crippen LogP contribution in [0.4, 0.5) is 13.2 Å². The van der Waals surface area contributed by atoms with Crippen molar-refractivity contribution in [1.29, 1.82) is 0 Å². The van der Waals surface area contributed by atoms with Crippen LogP contribution in [0.25, 0.3) is 0 Å². The Labute approximate surface area is 196 Å². The van der Waals surface area contributed by atoms with Crippen LogP contribution < -0.4 is 4.74 Å². The fraction of sp³-hybridized carbons (Fsp3) is 0.440. The van der Waals surface area contributed by atoms with Gasteiger partial charge in [0.25, 0.3) is 0 Å². The second kappa shape index (κ2) is 12.4. The van der Waals surface area contributed by atoms with E-state index in [2.05, 4.69) is 34.0 Å². The van der Waals surface area contributed by atoms with Gasteiger partial charge in [-0.2, -0.15) is 13.2 Å². The van der Waals surface area contributed by atoms with Crippen molar-refractivity contribution in [3.63, 3.8) is 0 Å². The Hall–Kier alpha value is -3.07. The molecule has 0 unspecified atom stereocenters. The molecule has 0 N–H and O–H groups in total. The lowest BCUT2D eigenvalue weighted by Crippen LogP contribution is -2.35. The number of rotatable bonds is 9. The molecule has 1 aliphatic rings. The van der Waals surface area contributed by atoms with Crippen LogP contribution in [0.3, 0.4) is 0 Å². The smallest absolute Gasteiger partial charge is 0.494 e. The average Bonchev–Trinajstić information content (AvgIpc) is 2.84. The largest absolute Gasteiger partial charge is 0.495 e. The summed E-state index contributed by atoms with van der Waals surface area (Å²) in [7, 11) is 0. The molecular formula is C25H28F3NO5. The molecule has 0 atom stereocenters. The molecule has 2 aromatic rings. The third kappa shape index (κ3) is 8.37. The van der Waals surface area contributed by atoms with Crippen LogP contribution in [0, 0.1) is 0 Å². The van der Waals surface area contributed by atoms with Crippen LogP contribution in [-0.2, 0) is 25.8 Å². The molecule has 9 heteroatoms. The lowest BCUT2D eigenvalue weighted by Gasteiger charge is -2.31. The van der Waals surface area contributed by atoms with Gasteiger partial charge in [0, 0.05) is 6.54 Å². The highest BCUT2D eigenvalue weighted by molar-refractivity contribution is 5.76. The molecule has 0 spiro atoms. The van der Waals surface area contributed by atoms with E-state index in [1.807, 2.05) is 35.2 Å². The highest BCUT2D eigenvalue weighted by atomic mass is 19.4. The van der Waals surface area contributed by atoms with Gasteiger partial charge in [0.2, 0.25) is 0 Å². The van der Waals surface area contributed by atoms with Gasteiger partial charge in [0.15, 0.2) is 0 Å². The maximum atomic E-state index is 12.0. The van der Waals surface area contributed by atoms with Crippen molar-refractivity contribution in [3.8, 4) is 5.75 Å². The lowest BCUT2D eigenvalue weighted by molar-refractivity contribution is -0.285. The van der Waals surface area contributed by atoms with Gasteiger partial charge < -0.3 is 9.64 Å². The standard InChI is InChI=1S/C25H28F3NO5/c26-25(27,28)24(31)34-33-23(30)14-17-29-15-12-21(13-16-29)20-8-10-22(11-9-20)32-18-4-7-19-5-2-1-3-6-19/h1-3,5-6,8-11,21H,4,7,12-18H2. The Balaban J connectivity index is 1.31. The number of nitrogens with zero attached hydrogens (tertiary/aromatic N) is 1. The molecule has 0 amide bonds. The summed E-state index contributed by atoms with van der Waals surface area (Å²) in [6.45, 7) is 2.48. The number of hydrogen-bond acceptors (Lipinski definition) is 6. The zero-order chi connectivity index (χ0) is 24.4. The topological polar surface area (TPSA) is 65.1 Å². The zero-order valence-corrected chi connectivity index (χ0v) is 18.8. The van der Waals surface area contributed by atoms with E-state index in [0.29, 0.717) is 19.1 Å². The number of aryl methyl sites for hydroxylation is 1. The van der Waals surface area contributed by atoms with Crippen molar-refractivity contribution in [3.05, 3.63) is 65.7 Å². The van der Waals surface area contributed by atoms with Crippen LogP contribution in [0.2, 0.25) is 0 Å². The normalized spacial score (nSPS) is 15.0. The molecule has 3 rings (SSSR count).